The fraction of sp³-hybridized carbons (Fsp3) is 0.333. The number of halogens is 1. The first-order valence-electron chi connectivity index (χ1n) is 5.12. The van der Waals surface area contributed by atoms with Gasteiger partial charge >= 0.3 is 0 Å². The third kappa shape index (κ3) is 1.65. The van der Waals surface area contributed by atoms with Gasteiger partial charge in [-0.1, -0.05) is 0 Å². The third-order valence-corrected chi connectivity index (χ3v) is 2.94. The van der Waals surface area contributed by atoms with E-state index in [1.807, 2.05) is 11.8 Å². The molecule has 1 saturated heterocycles. The minimum Gasteiger partial charge on any atom is -0.361 e. The maximum Gasteiger partial charge on any atom is 0.156 e. The van der Waals surface area contributed by atoms with Crippen LogP contribution in [0.4, 0.5) is 10.1 Å². The van der Waals surface area contributed by atoms with E-state index in [1.54, 1.807) is 12.1 Å². The van der Waals surface area contributed by atoms with Gasteiger partial charge in [0.1, 0.15) is 11.9 Å². The monoisotopic (exact) mass is 218 g/mol. The van der Waals surface area contributed by atoms with Crippen LogP contribution in [-0.4, -0.2) is 18.4 Å². The van der Waals surface area contributed by atoms with Crippen LogP contribution in [0.2, 0.25) is 0 Å². The molecule has 4 heteroatoms. The molecule has 1 aromatic rings. The zero-order chi connectivity index (χ0) is 11.7. The summed E-state index contributed by atoms with van der Waals surface area (Å²) in [7, 11) is 0. The summed E-state index contributed by atoms with van der Waals surface area (Å²) in [5.41, 5.74) is 0.691. The van der Waals surface area contributed by atoms with E-state index in [1.165, 1.54) is 12.1 Å². The molecule has 1 heterocycles. The molecule has 0 radical (unpaired) electrons. The lowest BCUT2D eigenvalue weighted by Gasteiger charge is -2.22. The Kier molecular flexibility index (Phi) is 2.61. The largest absolute Gasteiger partial charge is 0.361 e. The third-order valence-electron chi connectivity index (χ3n) is 2.94. The van der Waals surface area contributed by atoms with Crippen LogP contribution in [0.1, 0.15) is 18.9 Å². The smallest absolute Gasteiger partial charge is 0.156 e. The molecule has 0 aromatic heterocycles. The summed E-state index contributed by atoms with van der Waals surface area (Å²) >= 11 is 0. The molecule has 1 aliphatic rings. The van der Waals surface area contributed by atoms with Crippen LogP contribution in [0.5, 0.6) is 0 Å². The molecule has 0 spiro atoms. The van der Waals surface area contributed by atoms with Gasteiger partial charge in [-0.25, -0.2) is 4.39 Å². The minimum absolute atomic E-state index is 0.0296. The van der Waals surface area contributed by atoms with Gasteiger partial charge in [0.15, 0.2) is 5.78 Å². The zero-order valence-corrected chi connectivity index (χ0v) is 8.90. The molecule has 1 atom stereocenters. The number of ketones is 1. The van der Waals surface area contributed by atoms with E-state index in [-0.39, 0.29) is 17.4 Å². The Morgan fingerprint density at radius 3 is 2.81 bits per heavy atom. The molecule has 1 aliphatic heterocycles. The Labute approximate surface area is 93.1 Å². The van der Waals surface area contributed by atoms with Crippen LogP contribution in [-0.2, 0) is 4.79 Å². The molecule has 2 rings (SSSR count). The number of nitriles is 1. The van der Waals surface area contributed by atoms with Crippen LogP contribution in [0.25, 0.3) is 0 Å². The molecular weight excluding hydrogens is 207 g/mol. The van der Waals surface area contributed by atoms with E-state index < -0.39 is 5.82 Å². The lowest BCUT2D eigenvalue weighted by atomic mass is 10.2. The average Bonchev–Trinajstić information content (AvgIpc) is 2.60. The summed E-state index contributed by atoms with van der Waals surface area (Å²) in [6.07, 6.45) is 0.503. The van der Waals surface area contributed by atoms with Crippen molar-refractivity contribution in [3.63, 3.8) is 0 Å². The topological polar surface area (TPSA) is 44.1 Å². The first-order chi connectivity index (χ1) is 7.63. The summed E-state index contributed by atoms with van der Waals surface area (Å²) in [6, 6.07) is 6.01. The number of rotatable bonds is 1. The van der Waals surface area contributed by atoms with Gasteiger partial charge < -0.3 is 4.90 Å². The molecule has 0 bridgehead atoms. The Morgan fingerprint density at radius 2 is 2.31 bits per heavy atom. The molecular formula is C12H11FN2O. The predicted octanol–water partition coefficient (Wildman–Crippen LogP) is 1.87. The van der Waals surface area contributed by atoms with Gasteiger partial charge in [-0.2, -0.15) is 5.26 Å². The molecule has 0 aliphatic carbocycles. The van der Waals surface area contributed by atoms with E-state index in [0.29, 0.717) is 18.7 Å². The van der Waals surface area contributed by atoms with Crippen molar-refractivity contribution in [2.75, 3.05) is 11.4 Å². The van der Waals surface area contributed by atoms with Crippen LogP contribution < -0.4 is 4.90 Å². The number of anilines is 1. The van der Waals surface area contributed by atoms with E-state index in [0.717, 1.165) is 0 Å². The number of nitrogens with zero attached hydrogens (tertiary/aromatic N) is 2. The highest BCUT2D eigenvalue weighted by Gasteiger charge is 2.28. The molecule has 0 amide bonds. The van der Waals surface area contributed by atoms with Gasteiger partial charge in [0.05, 0.1) is 11.6 Å². The first kappa shape index (κ1) is 10.6. The van der Waals surface area contributed by atoms with Crippen molar-refractivity contribution in [1.82, 2.24) is 0 Å². The standard InChI is InChI=1S/C12H11FN2O/c1-8-12(16)4-5-15(8)10-3-2-9(7-14)11(13)6-10/h2-3,6,8H,4-5H2,1H3/t8-/m0/s1. The van der Waals surface area contributed by atoms with E-state index in [2.05, 4.69) is 0 Å². The number of hydrogen-bond donors (Lipinski definition) is 0. The van der Waals surface area contributed by atoms with Gasteiger partial charge in [-0.3, -0.25) is 4.79 Å². The van der Waals surface area contributed by atoms with Crippen molar-refractivity contribution < 1.29 is 9.18 Å². The molecule has 3 nitrogen and oxygen atoms in total. The molecule has 1 fully saturated rings. The Balaban J connectivity index is 2.33. The summed E-state index contributed by atoms with van der Waals surface area (Å²) in [4.78, 5) is 13.2. The number of hydrogen-bond acceptors (Lipinski definition) is 3. The second-order valence-electron chi connectivity index (χ2n) is 3.86. The average molecular weight is 218 g/mol. The number of benzene rings is 1. The quantitative estimate of drug-likeness (QED) is 0.722. The maximum atomic E-state index is 13.4. The van der Waals surface area contributed by atoms with Crippen molar-refractivity contribution in [1.29, 1.82) is 5.26 Å². The Morgan fingerprint density at radius 1 is 1.56 bits per heavy atom. The maximum absolute atomic E-state index is 13.4. The molecule has 16 heavy (non-hydrogen) atoms. The SMILES string of the molecule is C[C@H]1C(=O)CCN1c1ccc(C#N)c(F)c1. The summed E-state index contributed by atoms with van der Waals surface area (Å²) in [6.45, 7) is 2.43. The molecule has 1 aromatic carbocycles. The fourth-order valence-electron chi connectivity index (χ4n) is 1.93. The van der Waals surface area contributed by atoms with Crippen LogP contribution in [0.3, 0.4) is 0 Å². The van der Waals surface area contributed by atoms with Gasteiger partial charge in [-0.15, -0.1) is 0 Å². The summed E-state index contributed by atoms with van der Waals surface area (Å²) in [5.74, 6) is -0.365. The minimum atomic E-state index is -0.536. The van der Waals surface area contributed by atoms with Gasteiger partial charge in [0, 0.05) is 18.7 Å². The number of Topliss-reactive ketones (excluding diaryl/α,β-unsaturated/α-hetero) is 1. The molecule has 0 N–H and O–H groups in total. The Bertz CT molecular complexity index is 478. The van der Waals surface area contributed by atoms with Crippen LogP contribution in [0, 0.1) is 17.1 Å². The van der Waals surface area contributed by atoms with Crippen molar-refractivity contribution >= 4 is 11.5 Å². The van der Waals surface area contributed by atoms with Crippen molar-refractivity contribution in [3.05, 3.63) is 29.6 Å². The normalized spacial score (nSPS) is 19.9. The van der Waals surface area contributed by atoms with E-state index >= 15 is 0 Å². The molecule has 0 unspecified atom stereocenters. The lowest BCUT2D eigenvalue weighted by Crippen LogP contribution is -2.29. The van der Waals surface area contributed by atoms with E-state index in [4.69, 9.17) is 5.26 Å². The Hall–Kier alpha value is -1.89. The van der Waals surface area contributed by atoms with Crippen LogP contribution in [0.15, 0.2) is 18.2 Å². The van der Waals surface area contributed by atoms with Gasteiger partial charge in [0.25, 0.3) is 0 Å². The van der Waals surface area contributed by atoms with Crippen molar-refractivity contribution in [2.24, 2.45) is 0 Å². The second kappa shape index (κ2) is 3.93. The summed E-state index contributed by atoms with van der Waals surface area (Å²) < 4.78 is 13.4. The zero-order valence-electron chi connectivity index (χ0n) is 8.90. The summed E-state index contributed by atoms with van der Waals surface area (Å²) in [5, 5.41) is 8.61. The highest BCUT2D eigenvalue weighted by atomic mass is 19.1. The molecule has 0 saturated carbocycles. The first-order valence-corrected chi connectivity index (χ1v) is 5.12. The number of carbonyl (C=O) groups is 1. The van der Waals surface area contributed by atoms with Crippen molar-refractivity contribution in [3.8, 4) is 6.07 Å². The van der Waals surface area contributed by atoms with E-state index in [9.17, 15) is 9.18 Å². The highest BCUT2D eigenvalue weighted by molar-refractivity contribution is 5.90. The van der Waals surface area contributed by atoms with Crippen molar-refractivity contribution in [2.45, 2.75) is 19.4 Å². The lowest BCUT2D eigenvalue weighted by molar-refractivity contribution is -0.118. The fourth-order valence-corrected chi connectivity index (χ4v) is 1.93. The predicted molar refractivity (Wildman–Crippen MR) is 57.5 cm³/mol. The van der Waals surface area contributed by atoms with Gasteiger partial charge in [-0.05, 0) is 25.1 Å². The van der Waals surface area contributed by atoms with Crippen LogP contribution >= 0.6 is 0 Å². The highest BCUT2D eigenvalue weighted by Crippen LogP contribution is 2.24. The molecule has 82 valence electrons. The second-order valence-corrected chi connectivity index (χ2v) is 3.86. The van der Waals surface area contributed by atoms with Gasteiger partial charge in [0.2, 0.25) is 0 Å². The number of carbonyl (C=O) groups excluding carboxylic acids is 1.